The molecule has 64 valence electrons. The Morgan fingerprint density at radius 3 is 1.42 bits per heavy atom. The highest BCUT2D eigenvalue weighted by Gasteiger charge is 2.28. The van der Waals surface area contributed by atoms with Crippen LogP contribution in [0, 0.1) is 5.92 Å². The number of hydrogen-bond acceptors (Lipinski definition) is 1. The van der Waals surface area contributed by atoms with Gasteiger partial charge in [-0.15, -0.1) is 0 Å². The second kappa shape index (κ2) is 4.54. The first-order valence-electron chi connectivity index (χ1n) is 4.03. The molecule has 0 aromatic heterocycles. The number of carbonyl (C=O) groups is 1. The summed E-state index contributed by atoms with van der Waals surface area (Å²) >= 11 is 0. The molecule has 1 aromatic carbocycles. The molecule has 0 amide bonds. The van der Waals surface area contributed by atoms with Gasteiger partial charge < -0.3 is 5.11 Å². The van der Waals surface area contributed by atoms with Crippen LogP contribution in [0.25, 0.3) is 0 Å². The molecule has 0 aliphatic heterocycles. The van der Waals surface area contributed by atoms with E-state index in [9.17, 15) is 4.79 Å². The minimum absolute atomic E-state index is 0.0185. The van der Waals surface area contributed by atoms with Crippen LogP contribution < -0.4 is 0 Å². The Morgan fingerprint density at radius 1 is 1.00 bits per heavy atom. The lowest BCUT2D eigenvalue weighted by Gasteiger charge is -1.75. The summed E-state index contributed by atoms with van der Waals surface area (Å²) in [4.78, 5) is 9.76. The monoisotopic (exact) mass is 164 g/mol. The molecule has 1 N–H and O–H groups in total. The molecule has 12 heavy (non-hydrogen) atoms. The fourth-order valence-electron chi connectivity index (χ4n) is 0.715. The highest BCUT2D eigenvalue weighted by atomic mass is 16.4. The van der Waals surface area contributed by atoms with Gasteiger partial charge in [0.2, 0.25) is 0 Å². The predicted octanol–water partition coefficient (Wildman–Crippen LogP) is 2.17. The van der Waals surface area contributed by atoms with E-state index in [0.29, 0.717) is 0 Å². The number of carboxylic acid groups (broad SMARTS) is 1. The van der Waals surface area contributed by atoms with E-state index in [-0.39, 0.29) is 5.92 Å². The van der Waals surface area contributed by atoms with Gasteiger partial charge in [0.25, 0.3) is 0 Å². The van der Waals surface area contributed by atoms with Crippen molar-refractivity contribution < 1.29 is 9.90 Å². The minimum atomic E-state index is -0.630. The topological polar surface area (TPSA) is 37.3 Å². The van der Waals surface area contributed by atoms with Crippen molar-refractivity contribution in [2.75, 3.05) is 0 Å². The van der Waals surface area contributed by atoms with Gasteiger partial charge in [0.1, 0.15) is 0 Å². The highest BCUT2D eigenvalue weighted by Crippen LogP contribution is 2.28. The first kappa shape index (κ1) is 8.78. The maximum atomic E-state index is 9.76. The van der Waals surface area contributed by atoms with Gasteiger partial charge in [-0.25, -0.2) is 0 Å². The van der Waals surface area contributed by atoms with Crippen molar-refractivity contribution in [3.8, 4) is 0 Å². The number of aliphatic carboxylic acids is 1. The van der Waals surface area contributed by atoms with E-state index in [0.717, 1.165) is 12.8 Å². The van der Waals surface area contributed by atoms with Gasteiger partial charge >= 0.3 is 5.97 Å². The van der Waals surface area contributed by atoms with Gasteiger partial charge in [0, 0.05) is 0 Å². The summed E-state index contributed by atoms with van der Waals surface area (Å²) in [5.41, 5.74) is 0. The van der Waals surface area contributed by atoms with E-state index in [2.05, 4.69) is 0 Å². The number of benzene rings is 1. The summed E-state index contributed by atoms with van der Waals surface area (Å²) in [5.74, 6) is -0.611. The number of hydrogen-bond donors (Lipinski definition) is 1. The largest absolute Gasteiger partial charge is 0.481 e. The predicted molar refractivity (Wildman–Crippen MR) is 46.8 cm³/mol. The Hall–Kier alpha value is -1.31. The fraction of sp³-hybridized carbons (Fsp3) is 0.300. The average Bonchev–Trinajstić information content (AvgIpc) is 2.90. The van der Waals surface area contributed by atoms with Crippen LogP contribution in [-0.2, 0) is 4.79 Å². The van der Waals surface area contributed by atoms with Crippen LogP contribution in [0.15, 0.2) is 36.4 Å². The molecule has 1 aliphatic carbocycles. The molecule has 0 bridgehead atoms. The molecule has 1 fully saturated rings. The van der Waals surface area contributed by atoms with Gasteiger partial charge in [0.05, 0.1) is 5.92 Å². The Morgan fingerprint density at radius 2 is 1.33 bits per heavy atom. The molecular formula is C10H12O2. The van der Waals surface area contributed by atoms with E-state index in [1.165, 1.54) is 0 Å². The van der Waals surface area contributed by atoms with E-state index >= 15 is 0 Å². The molecular weight excluding hydrogens is 152 g/mol. The van der Waals surface area contributed by atoms with Crippen LogP contribution >= 0.6 is 0 Å². The number of carboxylic acids is 1. The maximum Gasteiger partial charge on any atom is 0.306 e. The summed E-state index contributed by atoms with van der Waals surface area (Å²) in [6, 6.07) is 12.0. The summed E-state index contributed by atoms with van der Waals surface area (Å²) in [7, 11) is 0. The third-order valence-corrected chi connectivity index (χ3v) is 1.59. The number of rotatable bonds is 1. The van der Waals surface area contributed by atoms with Crippen LogP contribution in [0.5, 0.6) is 0 Å². The zero-order chi connectivity index (χ0) is 8.81. The first-order valence-corrected chi connectivity index (χ1v) is 4.03. The second-order valence-electron chi connectivity index (χ2n) is 2.77. The molecule has 2 rings (SSSR count). The molecule has 0 radical (unpaired) electrons. The van der Waals surface area contributed by atoms with Crippen molar-refractivity contribution in [3.05, 3.63) is 36.4 Å². The van der Waals surface area contributed by atoms with E-state index in [4.69, 9.17) is 5.11 Å². The standard InChI is InChI=1S/C6H6.C4H6O2/c1-2-4-6-5-3-1;5-4(6)3-1-2-3/h1-6H;3H,1-2H2,(H,5,6). The van der Waals surface area contributed by atoms with E-state index in [1.807, 2.05) is 36.4 Å². The third kappa shape index (κ3) is 3.76. The molecule has 0 atom stereocenters. The Balaban J connectivity index is 0.000000120. The lowest BCUT2D eigenvalue weighted by Crippen LogP contribution is -1.94. The Bertz CT molecular complexity index is 200. The minimum Gasteiger partial charge on any atom is -0.481 e. The van der Waals surface area contributed by atoms with E-state index in [1.54, 1.807) is 0 Å². The van der Waals surface area contributed by atoms with Gasteiger partial charge in [0.15, 0.2) is 0 Å². The lowest BCUT2D eigenvalue weighted by molar-refractivity contribution is -0.138. The Labute approximate surface area is 71.8 Å². The third-order valence-electron chi connectivity index (χ3n) is 1.59. The summed E-state index contributed by atoms with van der Waals surface area (Å²) in [5, 5.41) is 8.05. The van der Waals surface area contributed by atoms with Crippen LogP contribution in [0.1, 0.15) is 12.8 Å². The van der Waals surface area contributed by atoms with Crippen LogP contribution in [0.2, 0.25) is 0 Å². The van der Waals surface area contributed by atoms with Crippen molar-refractivity contribution in [2.24, 2.45) is 5.92 Å². The maximum absolute atomic E-state index is 9.76. The molecule has 0 spiro atoms. The zero-order valence-electron chi connectivity index (χ0n) is 6.81. The van der Waals surface area contributed by atoms with Crippen molar-refractivity contribution in [1.82, 2.24) is 0 Å². The fourth-order valence-corrected chi connectivity index (χ4v) is 0.715. The van der Waals surface area contributed by atoms with E-state index < -0.39 is 5.97 Å². The van der Waals surface area contributed by atoms with Gasteiger partial charge in [-0.05, 0) is 12.8 Å². The van der Waals surface area contributed by atoms with Crippen molar-refractivity contribution in [1.29, 1.82) is 0 Å². The molecule has 0 saturated heterocycles. The summed E-state index contributed by atoms with van der Waals surface area (Å²) < 4.78 is 0. The second-order valence-corrected chi connectivity index (χ2v) is 2.77. The van der Waals surface area contributed by atoms with Crippen LogP contribution in [-0.4, -0.2) is 11.1 Å². The van der Waals surface area contributed by atoms with Crippen molar-refractivity contribution >= 4 is 5.97 Å². The SMILES string of the molecule is O=C(O)C1CC1.c1ccccc1. The van der Waals surface area contributed by atoms with Gasteiger partial charge in [-0.1, -0.05) is 36.4 Å². The molecule has 2 nitrogen and oxygen atoms in total. The lowest BCUT2D eigenvalue weighted by atomic mass is 10.4. The normalized spacial score (nSPS) is 14.3. The molecule has 0 unspecified atom stereocenters. The smallest absolute Gasteiger partial charge is 0.306 e. The van der Waals surface area contributed by atoms with Crippen molar-refractivity contribution in [3.63, 3.8) is 0 Å². The zero-order valence-corrected chi connectivity index (χ0v) is 6.81. The summed E-state index contributed by atoms with van der Waals surface area (Å²) in [6.45, 7) is 0. The van der Waals surface area contributed by atoms with Gasteiger partial charge in [-0.3, -0.25) is 4.79 Å². The van der Waals surface area contributed by atoms with Crippen molar-refractivity contribution in [2.45, 2.75) is 12.8 Å². The first-order chi connectivity index (χ1) is 5.80. The molecule has 1 saturated carbocycles. The van der Waals surface area contributed by atoms with Crippen LogP contribution in [0.3, 0.4) is 0 Å². The summed E-state index contributed by atoms with van der Waals surface area (Å²) in [6.07, 6.45) is 1.80. The van der Waals surface area contributed by atoms with Gasteiger partial charge in [-0.2, -0.15) is 0 Å². The molecule has 2 heteroatoms. The Kier molecular flexibility index (Phi) is 3.33. The molecule has 1 aliphatic rings. The average molecular weight is 164 g/mol. The highest BCUT2D eigenvalue weighted by molar-refractivity contribution is 5.72. The quantitative estimate of drug-likeness (QED) is 0.690. The molecule has 0 heterocycles. The van der Waals surface area contributed by atoms with Crippen LogP contribution in [0.4, 0.5) is 0 Å². The molecule has 1 aromatic rings.